The summed E-state index contributed by atoms with van der Waals surface area (Å²) >= 11 is 0. The van der Waals surface area contributed by atoms with Gasteiger partial charge in [-0.1, -0.05) is 35.5 Å². The lowest BCUT2D eigenvalue weighted by Crippen LogP contribution is -2.11. The summed E-state index contributed by atoms with van der Waals surface area (Å²) < 4.78 is 20.5. The van der Waals surface area contributed by atoms with Gasteiger partial charge in [-0.2, -0.15) is 5.10 Å². The lowest BCUT2D eigenvalue weighted by atomic mass is 10.2. The molecule has 8 heteroatoms. The van der Waals surface area contributed by atoms with Crippen LogP contribution in [0.15, 0.2) is 71.6 Å². The SMILES string of the molecule is O=C(Nc1cnn(Cc2ccccc2)c1)c1cc(-c2ncccc2F)on1. The molecule has 1 N–H and O–H groups in total. The summed E-state index contributed by atoms with van der Waals surface area (Å²) in [6.45, 7) is 0.587. The Morgan fingerprint density at radius 2 is 2.04 bits per heavy atom. The van der Waals surface area contributed by atoms with E-state index in [4.69, 9.17) is 4.52 Å². The Hall–Kier alpha value is -3.81. The second kappa shape index (κ2) is 7.20. The van der Waals surface area contributed by atoms with Crippen LogP contribution in [0.1, 0.15) is 16.1 Å². The smallest absolute Gasteiger partial charge is 0.277 e. The number of anilines is 1. The Balaban J connectivity index is 1.45. The van der Waals surface area contributed by atoms with E-state index in [0.717, 1.165) is 5.56 Å². The molecule has 3 aromatic heterocycles. The first-order valence-corrected chi connectivity index (χ1v) is 8.14. The molecule has 0 radical (unpaired) electrons. The van der Waals surface area contributed by atoms with Gasteiger partial charge in [0.1, 0.15) is 5.69 Å². The average Bonchev–Trinajstić information content (AvgIpc) is 3.33. The summed E-state index contributed by atoms with van der Waals surface area (Å²) in [6.07, 6.45) is 4.69. The van der Waals surface area contributed by atoms with Gasteiger partial charge >= 0.3 is 0 Å². The third-order valence-corrected chi connectivity index (χ3v) is 3.81. The van der Waals surface area contributed by atoms with Crippen molar-refractivity contribution in [3.63, 3.8) is 0 Å². The van der Waals surface area contributed by atoms with Crippen LogP contribution in [0.3, 0.4) is 0 Å². The topological polar surface area (TPSA) is 85.8 Å². The summed E-state index contributed by atoms with van der Waals surface area (Å²) in [7, 11) is 0. The van der Waals surface area contributed by atoms with Crippen LogP contribution in [0.2, 0.25) is 0 Å². The predicted molar refractivity (Wildman–Crippen MR) is 95.4 cm³/mol. The minimum Gasteiger partial charge on any atom is -0.354 e. The van der Waals surface area contributed by atoms with Crippen molar-refractivity contribution in [2.45, 2.75) is 6.54 Å². The van der Waals surface area contributed by atoms with Crippen molar-refractivity contribution in [3.8, 4) is 11.5 Å². The van der Waals surface area contributed by atoms with Gasteiger partial charge in [-0.25, -0.2) is 9.37 Å². The minimum atomic E-state index is -0.553. The molecule has 4 aromatic rings. The number of amides is 1. The van der Waals surface area contributed by atoms with Gasteiger partial charge in [0.2, 0.25) is 0 Å². The zero-order chi connectivity index (χ0) is 18.6. The van der Waals surface area contributed by atoms with Crippen molar-refractivity contribution in [3.05, 3.63) is 84.2 Å². The molecule has 0 unspecified atom stereocenters. The van der Waals surface area contributed by atoms with Crippen molar-refractivity contribution < 1.29 is 13.7 Å². The molecule has 0 saturated carbocycles. The monoisotopic (exact) mass is 363 g/mol. The molecule has 0 saturated heterocycles. The fraction of sp³-hybridized carbons (Fsp3) is 0.0526. The highest BCUT2D eigenvalue weighted by Gasteiger charge is 2.17. The highest BCUT2D eigenvalue weighted by atomic mass is 19.1. The van der Waals surface area contributed by atoms with Gasteiger partial charge in [-0.05, 0) is 17.7 Å². The number of aromatic nitrogens is 4. The fourth-order valence-corrected chi connectivity index (χ4v) is 2.54. The van der Waals surface area contributed by atoms with E-state index in [1.54, 1.807) is 17.1 Å². The van der Waals surface area contributed by atoms with E-state index in [1.165, 1.54) is 24.4 Å². The van der Waals surface area contributed by atoms with Crippen LogP contribution in [0, 0.1) is 5.82 Å². The maximum absolute atomic E-state index is 13.8. The number of carbonyl (C=O) groups is 1. The second-order valence-corrected chi connectivity index (χ2v) is 5.78. The standard InChI is InChI=1S/C19H14FN5O2/c20-15-7-4-8-21-18(15)17-9-16(24-27-17)19(26)23-14-10-22-25(12-14)11-13-5-2-1-3-6-13/h1-10,12H,11H2,(H,23,26). The Kier molecular flexibility index (Phi) is 4.44. The van der Waals surface area contributed by atoms with E-state index < -0.39 is 11.7 Å². The highest BCUT2D eigenvalue weighted by Crippen LogP contribution is 2.21. The first-order chi connectivity index (χ1) is 13.2. The van der Waals surface area contributed by atoms with E-state index in [9.17, 15) is 9.18 Å². The molecule has 1 amide bonds. The zero-order valence-corrected chi connectivity index (χ0v) is 14.0. The Labute approximate surface area is 153 Å². The minimum absolute atomic E-state index is 0.000249. The Bertz CT molecular complexity index is 1070. The van der Waals surface area contributed by atoms with E-state index in [-0.39, 0.29) is 17.1 Å². The van der Waals surface area contributed by atoms with Gasteiger partial charge in [0.05, 0.1) is 18.4 Å². The highest BCUT2D eigenvalue weighted by molar-refractivity contribution is 6.03. The third-order valence-electron chi connectivity index (χ3n) is 3.81. The van der Waals surface area contributed by atoms with E-state index in [1.807, 2.05) is 30.3 Å². The van der Waals surface area contributed by atoms with E-state index in [2.05, 4.69) is 20.6 Å². The van der Waals surface area contributed by atoms with Crippen molar-refractivity contribution in [2.75, 3.05) is 5.32 Å². The molecule has 4 rings (SSSR count). The van der Waals surface area contributed by atoms with Crippen molar-refractivity contribution in [1.29, 1.82) is 0 Å². The number of benzene rings is 1. The van der Waals surface area contributed by atoms with E-state index in [0.29, 0.717) is 12.2 Å². The number of nitrogens with zero attached hydrogens (tertiary/aromatic N) is 4. The number of hydrogen-bond donors (Lipinski definition) is 1. The van der Waals surface area contributed by atoms with E-state index >= 15 is 0 Å². The van der Waals surface area contributed by atoms with Crippen LogP contribution in [-0.4, -0.2) is 25.8 Å². The zero-order valence-electron chi connectivity index (χ0n) is 14.0. The summed E-state index contributed by atoms with van der Waals surface area (Å²) in [5.41, 5.74) is 1.63. The number of nitrogens with one attached hydrogen (secondary N) is 1. The summed E-state index contributed by atoms with van der Waals surface area (Å²) in [6, 6.07) is 13.9. The molecule has 1 aromatic carbocycles. The van der Waals surface area contributed by atoms with Gasteiger partial charge < -0.3 is 9.84 Å². The van der Waals surface area contributed by atoms with Crippen molar-refractivity contribution in [2.24, 2.45) is 0 Å². The summed E-state index contributed by atoms with van der Waals surface area (Å²) in [5, 5.41) is 10.6. The van der Waals surface area contributed by atoms with Crippen LogP contribution in [0.4, 0.5) is 10.1 Å². The Morgan fingerprint density at radius 3 is 2.85 bits per heavy atom. The maximum atomic E-state index is 13.8. The fourth-order valence-electron chi connectivity index (χ4n) is 2.54. The van der Waals surface area contributed by atoms with Gasteiger partial charge in [-0.3, -0.25) is 9.48 Å². The molecule has 0 aliphatic carbocycles. The first-order valence-electron chi connectivity index (χ1n) is 8.14. The number of halogens is 1. The number of rotatable bonds is 5. The van der Waals surface area contributed by atoms with Crippen LogP contribution in [0.5, 0.6) is 0 Å². The van der Waals surface area contributed by atoms with Crippen molar-refractivity contribution >= 4 is 11.6 Å². The molecular weight excluding hydrogens is 349 g/mol. The largest absolute Gasteiger partial charge is 0.354 e. The lowest BCUT2D eigenvalue weighted by molar-refractivity contribution is 0.101. The molecule has 7 nitrogen and oxygen atoms in total. The molecule has 0 aliphatic heterocycles. The van der Waals surface area contributed by atoms with Gasteiger partial charge in [0.15, 0.2) is 17.3 Å². The van der Waals surface area contributed by atoms with Gasteiger partial charge in [0.25, 0.3) is 5.91 Å². The van der Waals surface area contributed by atoms with Crippen molar-refractivity contribution in [1.82, 2.24) is 19.9 Å². The predicted octanol–water partition coefficient (Wildman–Crippen LogP) is 3.37. The molecule has 134 valence electrons. The van der Waals surface area contributed by atoms with Crippen LogP contribution >= 0.6 is 0 Å². The van der Waals surface area contributed by atoms with Gasteiger partial charge in [0, 0.05) is 18.5 Å². The number of hydrogen-bond acceptors (Lipinski definition) is 5. The second-order valence-electron chi connectivity index (χ2n) is 5.78. The molecule has 0 spiro atoms. The van der Waals surface area contributed by atoms with Crippen LogP contribution in [0.25, 0.3) is 11.5 Å². The molecule has 0 aliphatic rings. The molecule has 3 heterocycles. The molecule has 0 atom stereocenters. The van der Waals surface area contributed by atoms with Gasteiger partial charge in [-0.15, -0.1) is 0 Å². The lowest BCUT2D eigenvalue weighted by Gasteiger charge is -2.01. The molecule has 0 fully saturated rings. The van der Waals surface area contributed by atoms with Crippen LogP contribution < -0.4 is 5.32 Å². The third kappa shape index (κ3) is 3.74. The molecule has 0 bridgehead atoms. The molecular formula is C19H14FN5O2. The summed E-state index contributed by atoms with van der Waals surface area (Å²) in [5.74, 6) is -0.957. The molecule has 27 heavy (non-hydrogen) atoms. The van der Waals surface area contributed by atoms with Crippen LogP contribution in [-0.2, 0) is 6.54 Å². The average molecular weight is 363 g/mol. The normalized spacial score (nSPS) is 10.7. The quantitative estimate of drug-likeness (QED) is 0.587. The summed E-state index contributed by atoms with van der Waals surface area (Å²) in [4.78, 5) is 16.2. The number of carbonyl (C=O) groups excluding carboxylic acids is 1. The Morgan fingerprint density at radius 1 is 1.19 bits per heavy atom. The number of pyridine rings is 1. The maximum Gasteiger partial charge on any atom is 0.277 e. The first kappa shape index (κ1) is 16.6.